The molecular formula is C23H32BrN3O4. The number of carbonyl (C=O) groups excluding carboxylic acids is 1. The first kappa shape index (κ1) is 23.6. The number of rotatable bonds is 6. The Labute approximate surface area is 191 Å². The molecule has 2 aromatic rings. The van der Waals surface area contributed by atoms with E-state index in [-0.39, 0.29) is 11.7 Å². The number of likely N-dealkylation sites (tertiary alicyclic amines) is 1. The largest absolute Gasteiger partial charge is 0.494 e. The summed E-state index contributed by atoms with van der Waals surface area (Å²) < 4.78 is 12.6. The molecule has 1 aliphatic heterocycles. The average molecular weight is 494 g/mol. The smallest absolute Gasteiger partial charge is 0.410 e. The summed E-state index contributed by atoms with van der Waals surface area (Å²) >= 11 is 3.47. The van der Waals surface area contributed by atoms with Gasteiger partial charge in [-0.2, -0.15) is 0 Å². The van der Waals surface area contributed by atoms with Crippen molar-refractivity contribution in [1.29, 1.82) is 0 Å². The van der Waals surface area contributed by atoms with Crippen molar-refractivity contribution >= 4 is 32.9 Å². The molecule has 0 radical (unpaired) electrons. The maximum absolute atomic E-state index is 13.1. The van der Waals surface area contributed by atoms with E-state index in [1.807, 2.05) is 32.9 Å². The first-order valence-corrected chi connectivity index (χ1v) is 12.0. The molecule has 1 amide bonds. The molecule has 0 saturated carbocycles. The molecule has 0 aliphatic carbocycles. The number of alkyl halides is 1. The number of para-hydroxylation sites is 1. The zero-order chi connectivity index (χ0) is 22.6. The zero-order valence-electron chi connectivity index (χ0n) is 18.8. The number of benzene rings is 1. The minimum absolute atomic E-state index is 0.0295. The van der Waals surface area contributed by atoms with Gasteiger partial charge in [0.1, 0.15) is 22.7 Å². The van der Waals surface area contributed by atoms with Crippen molar-refractivity contribution < 1.29 is 14.3 Å². The maximum Gasteiger partial charge on any atom is 0.410 e. The summed E-state index contributed by atoms with van der Waals surface area (Å²) in [5.41, 5.74) is 0.111. The van der Waals surface area contributed by atoms with Crippen LogP contribution in [0.3, 0.4) is 0 Å². The van der Waals surface area contributed by atoms with Gasteiger partial charge in [0.15, 0.2) is 0 Å². The summed E-state index contributed by atoms with van der Waals surface area (Å²) in [4.78, 5) is 31.8. The summed E-state index contributed by atoms with van der Waals surface area (Å²) in [6, 6.07) is 5.44. The van der Waals surface area contributed by atoms with Gasteiger partial charge in [-0.05, 0) is 64.5 Å². The van der Waals surface area contributed by atoms with E-state index in [1.165, 1.54) is 0 Å². The van der Waals surface area contributed by atoms with Crippen LogP contribution in [0.1, 0.15) is 52.3 Å². The number of aromatic nitrogens is 2. The molecule has 0 atom stereocenters. The Kier molecular flexibility index (Phi) is 7.62. The lowest BCUT2D eigenvalue weighted by Gasteiger charge is -2.33. The number of nitrogens with zero attached hydrogens (tertiary/aromatic N) is 3. The number of hydrogen-bond donors (Lipinski definition) is 0. The van der Waals surface area contributed by atoms with Crippen molar-refractivity contribution in [2.75, 3.05) is 20.2 Å². The summed E-state index contributed by atoms with van der Waals surface area (Å²) in [5, 5.41) is 1.08. The molecule has 1 aliphatic rings. The number of methoxy groups -OCH3 is 1. The molecule has 3 rings (SSSR count). The van der Waals surface area contributed by atoms with Crippen molar-refractivity contribution in [2.45, 2.75) is 63.9 Å². The van der Waals surface area contributed by atoms with Crippen molar-refractivity contribution in [3.05, 3.63) is 34.4 Å². The van der Waals surface area contributed by atoms with Crippen LogP contribution in [0.25, 0.3) is 10.9 Å². The summed E-state index contributed by atoms with van der Waals surface area (Å²) in [6.45, 7) is 7.74. The van der Waals surface area contributed by atoms with Gasteiger partial charge in [0.2, 0.25) is 0 Å². The number of carbonyl (C=O) groups is 1. The molecule has 1 fully saturated rings. The van der Waals surface area contributed by atoms with Crippen LogP contribution in [0.15, 0.2) is 23.0 Å². The molecule has 0 unspecified atom stereocenters. The number of amides is 1. The number of halogens is 1. The molecule has 2 heterocycles. The van der Waals surface area contributed by atoms with Crippen LogP contribution in [-0.4, -0.2) is 46.3 Å². The Hall–Kier alpha value is -2.09. The molecule has 0 spiro atoms. The third-order valence-electron chi connectivity index (χ3n) is 5.63. The number of ether oxygens (including phenoxy) is 2. The molecule has 8 heteroatoms. The van der Waals surface area contributed by atoms with E-state index in [1.54, 1.807) is 22.6 Å². The minimum atomic E-state index is -0.466. The first-order valence-electron chi connectivity index (χ1n) is 10.8. The lowest BCUT2D eigenvalue weighted by atomic mass is 9.92. The van der Waals surface area contributed by atoms with Crippen LogP contribution >= 0.6 is 15.9 Å². The quantitative estimate of drug-likeness (QED) is 0.543. The predicted octanol–water partition coefficient (Wildman–Crippen LogP) is 4.73. The van der Waals surface area contributed by atoms with Gasteiger partial charge >= 0.3 is 6.09 Å². The monoisotopic (exact) mass is 493 g/mol. The molecule has 31 heavy (non-hydrogen) atoms. The topological polar surface area (TPSA) is 73.7 Å². The van der Waals surface area contributed by atoms with E-state index >= 15 is 0 Å². The fourth-order valence-corrected chi connectivity index (χ4v) is 4.46. The molecule has 170 valence electrons. The van der Waals surface area contributed by atoms with Gasteiger partial charge in [-0.3, -0.25) is 9.36 Å². The van der Waals surface area contributed by atoms with E-state index in [9.17, 15) is 9.59 Å². The Morgan fingerprint density at radius 2 is 1.97 bits per heavy atom. The summed E-state index contributed by atoms with van der Waals surface area (Å²) in [6.07, 6.45) is 3.62. The molecule has 7 nitrogen and oxygen atoms in total. The van der Waals surface area contributed by atoms with Gasteiger partial charge in [-0.15, -0.1) is 0 Å². The SMILES string of the molecule is COc1cccc2c(=O)n(CCCC3CCN(C(=O)OC(C)(C)C)CC3)c(CBr)nc12. The lowest BCUT2D eigenvalue weighted by Crippen LogP contribution is -2.41. The van der Waals surface area contributed by atoms with Crippen molar-refractivity contribution in [1.82, 2.24) is 14.5 Å². The fraction of sp³-hybridized carbons (Fsp3) is 0.609. The van der Waals surface area contributed by atoms with Gasteiger partial charge in [0, 0.05) is 19.6 Å². The van der Waals surface area contributed by atoms with E-state index < -0.39 is 5.60 Å². The highest BCUT2D eigenvalue weighted by molar-refractivity contribution is 9.08. The van der Waals surface area contributed by atoms with Crippen LogP contribution in [0.5, 0.6) is 5.75 Å². The van der Waals surface area contributed by atoms with E-state index in [0.717, 1.165) is 38.8 Å². The number of hydrogen-bond acceptors (Lipinski definition) is 5. The van der Waals surface area contributed by atoms with Gasteiger partial charge in [0.05, 0.1) is 17.8 Å². The van der Waals surface area contributed by atoms with Gasteiger partial charge in [-0.25, -0.2) is 9.78 Å². The summed E-state index contributed by atoms with van der Waals surface area (Å²) in [7, 11) is 1.59. The minimum Gasteiger partial charge on any atom is -0.494 e. The van der Waals surface area contributed by atoms with Gasteiger partial charge < -0.3 is 14.4 Å². The van der Waals surface area contributed by atoms with Crippen LogP contribution < -0.4 is 10.3 Å². The Balaban J connectivity index is 1.60. The number of fused-ring (bicyclic) bond motifs is 1. The normalized spacial score (nSPS) is 15.3. The van der Waals surface area contributed by atoms with Crippen molar-refractivity contribution in [3.8, 4) is 5.75 Å². The van der Waals surface area contributed by atoms with Crippen molar-refractivity contribution in [3.63, 3.8) is 0 Å². The average Bonchev–Trinajstić information content (AvgIpc) is 2.74. The van der Waals surface area contributed by atoms with Gasteiger partial charge in [0.25, 0.3) is 5.56 Å². The standard InChI is InChI=1S/C23H32BrN3O4/c1-23(2,3)31-22(29)26-13-10-16(11-14-26)7-6-12-27-19(15-24)25-20-17(21(27)28)8-5-9-18(20)30-4/h5,8-9,16H,6-7,10-15H2,1-4H3. The second kappa shape index (κ2) is 10.0. The van der Waals surface area contributed by atoms with Crippen LogP contribution in [-0.2, 0) is 16.6 Å². The van der Waals surface area contributed by atoms with Gasteiger partial charge in [-0.1, -0.05) is 22.0 Å². The fourth-order valence-electron chi connectivity index (χ4n) is 4.03. The molecule has 0 N–H and O–H groups in total. The Morgan fingerprint density at radius 1 is 1.26 bits per heavy atom. The molecule has 0 bridgehead atoms. The molecule has 1 saturated heterocycles. The molecule has 1 aromatic carbocycles. The van der Waals surface area contributed by atoms with Crippen LogP contribution in [0.4, 0.5) is 4.79 Å². The highest BCUT2D eigenvalue weighted by Gasteiger charge is 2.26. The number of piperidine rings is 1. The Bertz CT molecular complexity index is 975. The third kappa shape index (κ3) is 5.79. The summed E-state index contributed by atoms with van der Waals surface area (Å²) in [5.74, 6) is 1.87. The zero-order valence-corrected chi connectivity index (χ0v) is 20.4. The van der Waals surface area contributed by atoms with Crippen LogP contribution in [0, 0.1) is 5.92 Å². The van der Waals surface area contributed by atoms with Crippen molar-refractivity contribution in [2.24, 2.45) is 5.92 Å². The highest BCUT2D eigenvalue weighted by atomic mass is 79.9. The molecular weight excluding hydrogens is 462 g/mol. The third-order valence-corrected chi connectivity index (χ3v) is 6.13. The first-order chi connectivity index (χ1) is 14.7. The Morgan fingerprint density at radius 3 is 2.58 bits per heavy atom. The molecule has 1 aromatic heterocycles. The second-order valence-corrected chi connectivity index (χ2v) is 9.59. The predicted molar refractivity (Wildman–Crippen MR) is 125 cm³/mol. The van der Waals surface area contributed by atoms with Crippen LogP contribution in [0.2, 0.25) is 0 Å². The van der Waals surface area contributed by atoms with E-state index in [2.05, 4.69) is 20.9 Å². The van der Waals surface area contributed by atoms with E-state index in [0.29, 0.717) is 40.3 Å². The maximum atomic E-state index is 13.1. The second-order valence-electron chi connectivity index (χ2n) is 9.03. The highest BCUT2D eigenvalue weighted by Crippen LogP contribution is 2.25. The van der Waals surface area contributed by atoms with E-state index in [4.69, 9.17) is 9.47 Å². The lowest BCUT2D eigenvalue weighted by molar-refractivity contribution is 0.0180.